The van der Waals surface area contributed by atoms with Gasteiger partial charge in [0.15, 0.2) is 0 Å². The molecule has 0 aromatic carbocycles. The molecular formula is C35H57Br. The number of hydrogen-bond acceptors (Lipinski definition) is 0. The molecule has 0 saturated heterocycles. The van der Waals surface area contributed by atoms with E-state index in [0.717, 1.165) is 11.8 Å². The molecule has 0 aliphatic carbocycles. The SMILES string of the molecule is CC(C)=CCC/C(C)=C/CC/C(C)=C/CC/C(C)=C/CC/C(C)=C/CC/C(C)=C/CC/C(C)=C/CBr. The lowest BCUT2D eigenvalue weighted by atomic mass is 10.0. The fourth-order valence-corrected chi connectivity index (χ4v) is 4.62. The van der Waals surface area contributed by atoms with Crippen LogP contribution in [0.5, 0.6) is 0 Å². The van der Waals surface area contributed by atoms with Gasteiger partial charge in [-0.3, -0.25) is 0 Å². The van der Waals surface area contributed by atoms with Crippen LogP contribution in [-0.4, -0.2) is 5.33 Å². The molecule has 0 fully saturated rings. The van der Waals surface area contributed by atoms with E-state index in [0.29, 0.717) is 0 Å². The van der Waals surface area contributed by atoms with Crippen LogP contribution in [0.25, 0.3) is 0 Å². The average Bonchev–Trinajstić information content (AvgIpc) is 2.79. The molecule has 0 aliphatic rings. The molecule has 0 saturated carbocycles. The van der Waals surface area contributed by atoms with Crippen molar-refractivity contribution in [2.45, 2.75) is 132 Å². The van der Waals surface area contributed by atoms with Gasteiger partial charge in [0.05, 0.1) is 0 Å². The molecule has 0 spiro atoms. The van der Waals surface area contributed by atoms with Crippen molar-refractivity contribution in [2.24, 2.45) is 0 Å². The molecule has 0 aliphatic heterocycles. The second-order valence-corrected chi connectivity index (χ2v) is 11.6. The summed E-state index contributed by atoms with van der Waals surface area (Å²) in [7, 11) is 0. The highest BCUT2D eigenvalue weighted by Crippen LogP contribution is 2.16. The van der Waals surface area contributed by atoms with Crippen LogP contribution in [0.3, 0.4) is 0 Å². The molecule has 0 aromatic rings. The molecule has 0 rings (SSSR count). The quantitative estimate of drug-likeness (QED) is 0.109. The number of alkyl halides is 1. The molecule has 0 heterocycles. The van der Waals surface area contributed by atoms with E-state index in [1.54, 1.807) is 0 Å². The van der Waals surface area contributed by atoms with E-state index in [4.69, 9.17) is 0 Å². The minimum atomic E-state index is 0.965. The van der Waals surface area contributed by atoms with E-state index >= 15 is 0 Å². The molecule has 0 N–H and O–H groups in total. The van der Waals surface area contributed by atoms with Crippen molar-refractivity contribution in [3.63, 3.8) is 0 Å². The van der Waals surface area contributed by atoms with Gasteiger partial charge in [-0.2, -0.15) is 0 Å². The topological polar surface area (TPSA) is 0 Å². The first-order valence-electron chi connectivity index (χ1n) is 14.3. The monoisotopic (exact) mass is 556 g/mol. The minimum absolute atomic E-state index is 0.965. The number of hydrogen-bond donors (Lipinski definition) is 0. The summed E-state index contributed by atoms with van der Waals surface area (Å²) in [5, 5.41) is 0.965. The van der Waals surface area contributed by atoms with Gasteiger partial charge in [0.1, 0.15) is 0 Å². The Morgan fingerprint density at radius 2 is 0.583 bits per heavy atom. The predicted octanol–water partition coefficient (Wildman–Crippen LogP) is 12.7. The largest absolute Gasteiger partial charge is 0.0883 e. The highest BCUT2D eigenvalue weighted by atomic mass is 79.9. The fourth-order valence-electron chi connectivity index (χ4n) is 4.06. The summed E-state index contributed by atoms with van der Waals surface area (Å²) in [5.74, 6) is 0. The van der Waals surface area contributed by atoms with Gasteiger partial charge in [0.2, 0.25) is 0 Å². The molecule has 204 valence electrons. The molecule has 36 heavy (non-hydrogen) atoms. The van der Waals surface area contributed by atoms with Crippen molar-refractivity contribution in [1.29, 1.82) is 0 Å². The second-order valence-electron chi connectivity index (χ2n) is 11.0. The smallest absolute Gasteiger partial charge is 0.0214 e. The normalized spacial score (nSPS) is 14.5. The molecule has 0 amide bonds. The van der Waals surface area contributed by atoms with Crippen LogP contribution in [0.2, 0.25) is 0 Å². The third-order valence-corrected chi connectivity index (χ3v) is 7.00. The Bertz CT molecular complexity index is 804. The summed E-state index contributed by atoms with van der Waals surface area (Å²) < 4.78 is 0. The molecule has 0 bridgehead atoms. The third-order valence-electron chi connectivity index (χ3n) is 6.67. The van der Waals surface area contributed by atoms with Gasteiger partial charge < -0.3 is 0 Å². The average molecular weight is 558 g/mol. The Morgan fingerprint density at radius 3 is 0.806 bits per heavy atom. The fraction of sp³-hybridized carbons (Fsp3) is 0.600. The lowest BCUT2D eigenvalue weighted by molar-refractivity contribution is 0.883. The van der Waals surface area contributed by atoms with E-state index in [2.05, 4.69) is 114 Å². The van der Waals surface area contributed by atoms with Gasteiger partial charge >= 0.3 is 0 Å². The van der Waals surface area contributed by atoms with E-state index in [1.165, 1.54) is 110 Å². The van der Waals surface area contributed by atoms with Crippen LogP contribution >= 0.6 is 15.9 Å². The highest BCUT2D eigenvalue weighted by molar-refractivity contribution is 9.09. The van der Waals surface area contributed by atoms with Crippen molar-refractivity contribution < 1.29 is 0 Å². The lowest BCUT2D eigenvalue weighted by Crippen LogP contribution is -1.83. The van der Waals surface area contributed by atoms with E-state index < -0.39 is 0 Å². The molecule has 1 heteroatoms. The Morgan fingerprint density at radius 1 is 0.361 bits per heavy atom. The first-order chi connectivity index (χ1) is 17.1. The van der Waals surface area contributed by atoms with Gasteiger partial charge in [-0.15, -0.1) is 0 Å². The maximum atomic E-state index is 3.47. The zero-order valence-electron chi connectivity index (χ0n) is 25.1. The summed E-state index contributed by atoms with van der Waals surface area (Å²) in [6, 6.07) is 0. The zero-order valence-corrected chi connectivity index (χ0v) is 26.7. The molecule has 0 aromatic heterocycles. The number of rotatable bonds is 19. The van der Waals surface area contributed by atoms with Gasteiger partial charge in [0, 0.05) is 5.33 Å². The maximum Gasteiger partial charge on any atom is 0.0214 e. The Labute approximate surface area is 234 Å². The van der Waals surface area contributed by atoms with Crippen molar-refractivity contribution in [3.05, 3.63) is 81.5 Å². The summed E-state index contributed by atoms with van der Waals surface area (Å²) in [6.07, 6.45) is 30.9. The Kier molecular flexibility index (Phi) is 22.0. The van der Waals surface area contributed by atoms with E-state index in [-0.39, 0.29) is 0 Å². The van der Waals surface area contributed by atoms with E-state index in [1.807, 2.05) is 0 Å². The number of halogens is 1. The summed E-state index contributed by atoms with van der Waals surface area (Å²) >= 11 is 3.47. The Hall–Kier alpha value is -1.34. The van der Waals surface area contributed by atoms with E-state index in [9.17, 15) is 0 Å². The molecule has 0 unspecified atom stereocenters. The van der Waals surface area contributed by atoms with Gasteiger partial charge in [-0.1, -0.05) is 97.5 Å². The first-order valence-corrected chi connectivity index (χ1v) is 15.4. The molecule has 0 radical (unpaired) electrons. The van der Waals surface area contributed by atoms with Gasteiger partial charge in [0.25, 0.3) is 0 Å². The standard InChI is InChI=1S/C35H57Br/c1-29(2)15-9-16-30(3)17-10-18-31(4)19-11-20-32(5)21-12-22-33(6)23-13-24-34(7)25-14-26-35(8)27-28-36/h15,17,19,21,23,25,27H,9-14,16,18,20,22,24,26,28H2,1-8H3/b30-17+,31-19+,32-21+,33-23+,34-25+,35-27+. The van der Waals surface area contributed by atoms with Crippen LogP contribution in [-0.2, 0) is 0 Å². The second kappa shape index (κ2) is 22.8. The van der Waals surface area contributed by atoms with Crippen LogP contribution in [0.1, 0.15) is 132 Å². The van der Waals surface area contributed by atoms with Crippen LogP contribution in [0, 0.1) is 0 Å². The summed E-state index contributed by atoms with van der Waals surface area (Å²) in [5.41, 5.74) is 10.5. The molecule has 0 atom stereocenters. The van der Waals surface area contributed by atoms with Crippen molar-refractivity contribution >= 4 is 15.9 Å². The third kappa shape index (κ3) is 23.1. The maximum absolute atomic E-state index is 3.47. The zero-order chi connectivity index (χ0) is 27.2. The highest BCUT2D eigenvalue weighted by Gasteiger charge is 1.96. The summed E-state index contributed by atoms with van der Waals surface area (Å²) in [4.78, 5) is 0. The lowest BCUT2D eigenvalue weighted by Gasteiger charge is -2.04. The number of allylic oxidation sites excluding steroid dienone is 14. The minimum Gasteiger partial charge on any atom is -0.0883 e. The van der Waals surface area contributed by atoms with Crippen molar-refractivity contribution in [2.75, 3.05) is 5.33 Å². The Balaban J connectivity index is 4.14. The first kappa shape index (κ1) is 34.7. The molecular weight excluding hydrogens is 500 g/mol. The summed E-state index contributed by atoms with van der Waals surface area (Å²) in [6.45, 7) is 18.0. The van der Waals surface area contributed by atoms with Gasteiger partial charge in [-0.25, -0.2) is 0 Å². The van der Waals surface area contributed by atoms with Crippen molar-refractivity contribution in [3.8, 4) is 0 Å². The molecule has 0 nitrogen and oxygen atoms in total. The predicted molar refractivity (Wildman–Crippen MR) is 171 cm³/mol. The van der Waals surface area contributed by atoms with Crippen LogP contribution < -0.4 is 0 Å². The van der Waals surface area contributed by atoms with Crippen LogP contribution in [0.15, 0.2) is 81.5 Å². The van der Waals surface area contributed by atoms with Crippen molar-refractivity contribution in [1.82, 2.24) is 0 Å². The van der Waals surface area contributed by atoms with Crippen LogP contribution in [0.4, 0.5) is 0 Å². The van der Waals surface area contributed by atoms with Gasteiger partial charge in [-0.05, 0) is 132 Å².